The van der Waals surface area contributed by atoms with Crippen LogP contribution >= 0.6 is 0 Å². The minimum atomic E-state index is 0.776. The molecule has 1 N–H and O–H groups in total. The van der Waals surface area contributed by atoms with Crippen molar-refractivity contribution in [1.82, 2.24) is 5.32 Å². The van der Waals surface area contributed by atoms with Gasteiger partial charge in [0.1, 0.15) is 5.75 Å². The Morgan fingerprint density at radius 2 is 2.11 bits per heavy atom. The van der Waals surface area contributed by atoms with E-state index in [0.717, 1.165) is 38.0 Å². The number of ether oxygens (including phenoxy) is 2. The Balaban J connectivity index is 1.77. The molecule has 18 heavy (non-hydrogen) atoms. The number of benzene rings is 1. The molecule has 1 heterocycles. The Hall–Kier alpha value is -1.06. The maximum Gasteiger partial charge on any atom is 0.121 e. The molecule has 1 aliphatic rings. The van der Waals surface area contributed by atoms with Gasteiger partial charge in [-0.2, -0.15) is 0 Å². The third kappa shape index (κ3) is 3.72. The molecule has 2 rings (SSSR count). The summed E-state index contributed by atoms with van der Waals surface area (Å²) in [6.45, 7) is 5.96. The Morgan fingerprint density at radius 1 is 1.33 bits per heavy atom. The Labute approximate surface area is 109 Å². The summed E-state index contributed by atoms with van der Waals surface area (Å²) >= 11 is 0. The van der Waals surface area contributed by atoms with Crippen molar-refractivity contribution in [3.8, 4) is 5.75 Å². The molecule has 0 spiro atoms. The number of hydrogen-bond donors (Lipinski definition) is 1. The fourth-order valence-corrected chi connectivity index (χ4v) is 2.42. The van der Waals surface area contributed by atoms with Gasteiger partial charge in [-0.3, -0.25) is 0 Å². The molecule has 3 nitrogen and oxygen atoms in total. The zero-order valence-electron chi connectivity index (χ0n) is 11.4. The van der Waals surface area contributed by atoms with Crippen LogP contribution in [0.1, 0.15) is 24.0 Å². The van der Waals surface area contributed by atoms with Crippen LogP contribution in [0.25, 0.3) is 0 Å². The first kappa shape index (κ1) is 13.4. The number of methoxy groups -OCH3 is 1. The number of aryl methyl sites for hydroxylation is 1. The fourth-order valence-electron chi connectivity index (χ4n) is 2.42. The van der Waals surface area contributed by atoms with Crippen LogP contribution in [0.5, 0.6) is 5.75 Å². The van der Waals surface area contributed by atoms with E-state index in [1.807, 2.05) is 6.07 Å². The standard InChI is InChI=1S/C15H23NO2/c1-12-9-14(3-4-15(12)17-2)11-16-10-13-5-7-18-8-6-13/h3-4,9,13,16H,5-8,10-11H2,1-2H3. The van der Waals surface area contributed by atoms with Gasteiger partial charge in [0.15, 0.2) is 0 Å². The molecule has 3 heteroatoms. The normalized spacial score (nSPS) is 16.8. The van der Waals surface area contributed by atoms with Gasteiger partial charge in [-0.15, -0.1) is 0 Å². The van der Waals surface area contributed by atoms with Crippen molar-refractivity contribution in [2.45, 2.75) is 26.3 Å². The van der Waals surface area contributed by atoms with Crippen LogP contribution in [-0.2, 0) is 11.3 Å². The van der Waals surface area contributed by atoms with Gasteiger partial charge in [-0.05, 0) is 49.4 Å². The first-order valence-electron chi connectivity index (χ1n) is 6.71. The third-order valence-corrected chi connectivity index (χ3v) is 3.56. The second-order valence-electron chi connectivity index (χ2n) is 4.99. The van der Waals surface area contributed by atoms with E-state index in [0.29, 0.717) is 0 Å². The van der Waals surface area contributed by atoms with Crippen LogP contribution in [0, 0.1) is 12.8 Å². The lowest BCUT2D eigenvalue weighted by Crippen LogP contribution is -2.27. The molecule has 0 saturated carbocycles. The van der Waals surface area contributed by atoms with Gasteiger partial charge in [-0.1, -0.05) is 12.1 Å². The van der Waals surface area contributed by atoms with E-state index < -0.39 is 0 Å². The monoisotopic (exact) mass is 249 g/mol. The number of rotatable bonds is 5. The molecule has 0 amide bonds. The maximum atomic E-state index is 5.36. The quantitative estimate of drug-likeness (QED) is 0.870. The van der Waals surface area contributed by atoms with Crippen molar-refractivity contribution < 1.29 is 9.47 Å². The molecular weight excluding hydrogens is 226 g/mol. The van der Waals surface area contributed by atoms with Crippen molar-refractivity contribution in [3.63, 3.8) is 0 Å². The van der Waals surface area contributed by atoms with Crippen LogP contribution in [-0.4, -0.2) is 26.9 Å². The average molecular weight is 249 g/mol. The lowest BCUT2D eigenvalue weighted by Gasteiger charge is -2.22. The lowest BCUT2D eigenvalue weighted by atomic mass is 10.0. The minimum absolute atomic E-state index is 0.776. The van der Waals surface area contributed by atoms with Gasteiger partial charge in [0, 0.05) is 19.8 Å². The van der Waals surface area contributed by atoms with Crippen LogP contribution in [0.3, 0.4) is 0 Å². The second-order valence-corrected chi connectivity index (χ2v) is 4.99. The third-order valence-electron chi connectivity index (χ3n) is 3.56. The van der Waals surface area contributed by atoms with Gasteiger partial charge in [0.2, 0.25) is 0 Å². The Kier molecular flexibility index (Phi) is 5.02. The van der Waals surface area contributed by atoms with E-state index >= 15 is 0 Å². The second kappa shape index (κ2) is 6.76. The van der Waals surface area contributed by atoms with Crippen LogP contribution < -0.4 is 10.1 Å². The largest absolute Gasteiger partial charge is 0.496 e. The lowest BCUT2D eigenvalue weighted by molar-refractivity contribution is 0.0662. The maximum absolute atomic E-state index is 5.36. The minimum Gasteiger partial charge on any atom is -0.496 e. The van der Waals surface area contributed by atoms with Gasteiger partial charge in [0.25, 0.3) is 0 Å². The molecular formula is C15H23NO2. The number of hydrogen-bond acceptors (Lipinski definition) is 3. The molecule has 1 aromatic carbocycles. The summed E-state index contributed by atoms with van der Waals surface area (Å²) < 4.78 is 10.6. The summed E-state index contributed by atoms with van der Waals surface area (Å²) in [6.07, 6.45) is 2.38. The van der Waals surface area contributed by atoms with Crippen molar-refractivity contribution >= 4 is 0 Å². The van der Waals surface area contributed by atoms with E-state index in [1.54, 1.807) is 7.11 Å². The van der Waals surface area contributed by atoms with Crippen LogP contribution in [0.2, 0.25) is 0 Å². The molecule has 0 aromatic heterocycles. The molecule has 1 fully saturated rings. The Morgan fingerprint density at radius 3 is 2.78 bits per heavy atom. The number of nitrogens with one attached hydrogen (secondary N) is 1. The molecule has 0 bridgehead atoms. The van der Waals surface area contributed by atoms with Gasteiger partial charge in [0.05, 0.1) is 7.11 Å². The van der Waals surface area contributed by atoms with E-state index in [2.05, 4.69) is 24.4 Å². The highest BCUT2D eigenvalue weighted by Gasteiger charge is 2.12. The molecule has 0 unspecified atom stereocenters. The molecule has 1 aromatic rings. The molecule has 0 radical (unpaired) electrons. The van der Waals surface area contributed by atoms with Crippen molar-refractivity contribution in [1.29, 1.82) is 0 Å². The van der Waals surface area contributed by atoms with Crippen molar-refractivity contribution in [2.24, 2.45) is 5.92 Å². The SMILES string of the molecule is COc1ccc(CNCC2CCOCC2)cc1C. The highest BCUT2D eigenvalue weighted by Crippen LogP contribution is 2.18. The van der Waals surface area contributed by atoms with Gasteiger partial charge < -0.3 is 14.8 Å². The van der Waals surface area contributed by atoms with Crippen molar-refractivity contribution in [3.05, 3.63) is 29.3 Å². The van der Waals surface area contributed by atoms with E-state index in [1.165, 1.54) is 24.0 Å². The molecule has 1 aliphatic heterocycles. The van der Waals surface area contributed by atoms with Crippen molar-refractivity contribution in [2.75, 3.05) is 26.9 Å². The summed E-state index contributed by atoms with van der Waals surface area (Å²) in [7, 11) is 1.71. The zero-order chi connectivity index (χ0) is 12.8. The summed E-state index contributed by atoms with van der Waals surface area (Å²) in [5.41, 5.74) is 2.52. The molecule has 0 atom stereocenters. The van der Waals surface area contributed by atoms with E-state index in [-0.39, 0.29) is 0 Å². The molecule has 1 saturated heterocycles. The smallest absolute Gasteiger partial charge is 0.121 e. The highest BCUT2D eigenvalue weighted by molar-refractivity contribution is 5.36. The summed E-state index contributed by atoms with van der Waals surface area (Å²) in [5, 5.41) is 3.54. The topological polar surface area (TPSA) is 30.5 Å². The average Bonchev–Trinajstić information content (AvgIpc) is 2.40. The molecule has 0 aliphatic carbocycles. The first-order chi connectivity index (χ1) is 8.79. The highest BCUT2D eigenvalue weighted by atomic mass is 16.5. The first-order valence-corrected chi connectivity index (χ1v) is 6.71. The molecule has 100 valence electrons. The summed E-state index contributed by atoms with van der Waals surface area (Å²) in [5.74, 6) is 1.74. The van der Waals surface area contributed by atoms with Gasteiger partial charge >= 0.3 is 0 Å². The van der Waals surface area contributed by atoms with Crippen LogP contribution in [0.15, 0.2) is 18.2 Å². The van der Waals surface area contributed by atoms with E-state index in [4.69, 9.17) is 9.47 Å². The fraction of sp³-hybridized carbons (Fsp3) is 0.600. The zero-order valence-corrected chi connectivity index (χ0v) is 11.4. The summed E-state index contributed by atoms with van der Waals surface area (Å²) in [4.78, 5) is 0. The summed E-state index contributed by atoms with van der Waals surface area (Å²) in [6, 6.07) is 6.36. The van der Waals surface area contributed by atoms with Gasteiger partial charge in [-0.25, -0.2) is 0 Å². The predicted octanol–water partition coefficient (Wildman–Crippen LogP) is 2.52. The Bertz CT molecular complexity index is 373. The predicted molar refractivity (Wildman–Crippen MR) is 73.0 cm³/mol. The van der Waals surface area contributed by atoms with E-state index in [9.17, 15) is 0 Å². The van der Waals surface area contributed by atoms with Crippen LogP contribution in [0.4, 0.5) is 0 Å².